The number of para-hydroxylation sites is 1. The molecule has 35 heavy (non-hydrogen) atoms. The van der Waals surface area contributed by atoms with Crippen molar-refractivity contribution >= 4 is 17.3 Å². The molecule has 2 aromatic heterocycles. The van der Waals surface area contributed by atoms with Crippen LogP contribution in [0.4, 0.5) is 17.3 Å². The second-order valence-electron chi connectivity index (χ2n) is 9.26. The minimum absolute atomic E-state index is 0.167. The molecule has 2 aliphatic heterocycles. The Kier molecular flexibility index (Phi) is 6.38. The highest BCUT2D eigenvalue weighted by Crippen LogP contribution is 2.32. The molecule has 3 aromatic rings. The lowest BCUT2D eigenvalue weighted by atomic mass is 10.0. The zero-order valence-electron chi connectivity index (χ0n) is 20.1. The van der Waals surface area contributed by atoms with Crippen LogP contribution in [-0.4, -0.2) is 76.0 Å². The highest BCUT2D eigenvalue weighted by atomic mass is 16.3. The Morgan fingerprint density at radius 3 is 2.71 bits per heavy atom. The minimum atomic E-state index is 0.167. The van der Waals surface area contributed by atoms with Crippen LogP contribution in [0, 0.1) is 17.8 Å². The summed E-state index contributed by atoms with van der Waals surface area (Å²) >= 11 is 0. The summed E-state index contributed by atoms with van der Waals surface area (Å²) in [5.74, 6) is 8.86. The van der Waals surface area contributed by atoms with E-state index >= 15 is 0 Å². The van der Waals surface area contributed by atoms with Gasteiger partial charge in [-0.1, -0.05) is 18.1 Å². The van der Waals surface area contributed by atoms with E-state index in [2.05, 4.69) is 55.7 Å². The Balaban J connectivity index is 1.34. The topological polar surface area (TPSA) is 108 Å². The van der Waals surface area contributed by atoms with Gasteiger partial charge in [0.1, 0.15) is 11.6 Å². The van der Waals surface area contributed by atoms with Gasteiger partial charge in [-0.15, -0.1) is 10.2 Å². The molecule has 0 aliphatic carbocycles. The Morgan fingerprint density at radius 1 is 1.09 bits per heavy atom. The molecule has 0 amide bonds. The van der Waals surface area contributed by atoms with Gasteiger partial charge in [-0.2, -0.15) is 0 Å². The minimum Gasteiger partial charge on any atom is -0.507 e. The third kappa shape index (κ3) is 4.98. The van der Waals surface area contributed by atoms with Crippen LogP contribution < -0.4 is 15.5 Å². The quantitative estimate of drug-likeness (QED) is 0.557. The average Bonchev–Trinajstić information content (AvgIpc) is 3.03. The van der Waals surface area contributed by atoms with Crippen molar-refractivity contribution in [3.8, 4) is 28.8 Å². The highest BCUT2D eigenvalue weighted by molar-refractivity contribution is 5.74. The zero-order chi connectivity index (χ0) is 24.4. The van der Waals surface area contributed by atoms with E-state index in [1.54, 1.807) is 18.3 Å². The molecule has 1 aromatic carbocycles. The van der Waals surface area contributed by atoms with Crippen molar-refractivity contribution < 1.29 is 5.11 Å². The number of nitrogens with zero attached hydrogens (tertiary/aromatic N) is 7. The van der Waals surface area contributed by atoms with E-state index in [0.717, 1.165) is 50.6 Å². The Morgan fingerprint density at radius 2 is 1.91 bits per heavy atom. The number of nitrogens with two attached hydrogens (primary N) is 1. The fourth-order valence-corrected chi connectivity index (χ4v) is 4.63. The molecule has 0 spiro atoms. The smallest absolute Gasteiger partial charge is 0.206 e. The van der Waals surface area contributed by atoms with Gasteiger partial charge >= 0.3 is 0 Å². The number of rotatable bonds is 3. The van der Waals surface area contributed by atoms with Crippen molar-refractivity contribution in [1.82, 2.24) is 25.1 Å². The van der Waals surface area contributed by atoms with Crippen LogP contribution in [0.15, 0.2) is 42.6 Å². The number of anilines is 3. The summed E-state index contributed by atoms with van der Waals surface area (Å²) in [7, 11) is 2.10. The zero-order valence-corrected chi connectivity index (χ0v) is 20.1. The predicted molar refractivity (Wildman–Crippen MR) is 137 cm³/mol. The monoisotopic (exact) mass is 470 g/mol. The van der Waals surface area contributed by atoms with E-state index < -0.39 is 0 Å². The van der Waals surface area contributed by atoms with Gasteiger partial charge in [0.25, 0.3) is 0 Å². The molecule has 2 aliphatic rings. The molecule has 2 fully saturated rings. The maximum absolute atomic E-state index is 10.3. The first kappa shape index (κ1) is 22.9. The van der Waals surface area contributed by atoms with Crippen LogP contribution in [0.5, 0.6) is 5.75 Å². The lowest BCUT2D eigenvalue weighted by molar-refractivity contribution is 0.177. The van der Waals surface area contributed by atoms with Crippen molar-refractivity contribution in [3.63, 3.8) is 0 Å². The summed E-state index contributed by atoms with van der Waals surface area (Å²) < 4.78 is 0. The lowest BCUT2D eigenvalue weighted by Crippen LogP contribution is -2.42. The molecule has 0 unspecified atom stereocenters. The highest BCUT2D eigenvalue weighted by Gasteiger charge is 2.25. The number of benzene rings is 1. The summed E-state index contributed by atoms with van der Waals surface area (Å²) in [6.07, 6.45) is 2.71. The van der Waals surface area contributed by atoms with E-state index in [0.29, 0.717) is 28.8 Å². The molecule has 4 heterocycles. The van der Waals surface area contributed by atoms with Crippen LogP contribution >= 0.6 is 0 Å². The molecular weight excluding hydrogens is 440 g/mol. The predicted octanol–water partition coefficient (Wildman–Crippen LogP) is 2.24. The molecule has 0 bridgehead atoms. The number of hydrogen-bond donors (Lipinski definition) is 2. The van der Waals surface area contributed by atoms with E-state index in [-0.39, 0.29) is 11.8 Å². The Hall–Kier alpha value is -3.90. The first-order chi connectivity index (χ1) is 17.0. The summed E-state index contributed by atoms with van der Waals surface area (Å²) in [5, 5.41) is 18.7. The normalized spacial score (nSPS) is 19.0. The third-order valence-corrected chi connectivity index (χ3v) is 6.67. The number of phenolic OH excluding ortho intramolecular Hbond substituents is 1. The number of likely N-dealkylation sites (tertiary alicyclic amines) is 1. The molecule has 180 valence electrons. The van der Waals surface area contributed by atoms with E-state index in [9.17, 15) is 5.11 Å². The molecule has 9 nitrogen and oxygen atoms in total. The molecule has 2 saturated heterocycles. The third-order valence-electron chi connectivity index (χ3n) is 6.67. The van der Waals surface area contributed by atoms with Crippen molar-refractivity contribution in [2.45, 2.75) is 19.4 Å². The van der Waals surface area contributed by atoms with E-state index in [1.165, 1.54) is 0 Å². The molecule has 1 atom stereocenters. The summed E-state index contributed by atoms with van der Waals surface area (Å²) in [5.41, 5.74) is 8.29. The SMILES string of the molecule is C[C@@H]1CCN(c2cc(-c3ccccc3O)nnc2N)CCN1c1ccnc(C#CC2CN(C)C2)n1. The van der Waals surface area contributed by atoms with Gasteiger partial charge in [0, 0.05) is 56.4 Å². The number of nitrogen functional groups attached to an aromatic ring is 1. The van der Waals surface area contributed by atoms with Crippen LogP contribution in [-0.2, 0) is 0 Å². The van der Waals surface area contributed by atoms with Gasteiger partial charge in [-0.3, -0.25) is 0 Å². The molecule has 9 heteroatoms. The first-order valence-electron chi connectivity index (χ1n) is 11.9. The Labute approximate surface area is 205 Å². The first-order valence-corrected chi connectivity index (χ1v) is 11.9. The maximum Gasteiger partial charge on any atom is 0.206 e. The Bertz CT molecular complexity index is 1260. The number of hydrogen-bond acceptors (Lipinski definition) is 9. The maximum atomic E-state index is 10.3. The standard InChI is InChI=1S/C26H30N8O/c1-18-10-12-33(22-15-21(30-31-26(22)27)20-5-3-4-6-23(20)35)13-14-34(18)25-9-11-28-24(29-25)8-7-19-16-32(2)17-19/h3-6,9,11,15,18-19,35H,10,12-14,16-17H2,1-2H3,(H2,27,31)/t18-/m1/s1. The van der Waals surface area contributed by atoms with Crippen LogP contribution in [0.1, 0.15) is 19.2 Å². The summed E-state index contributed by atoms with van der Waals surface area (Å²) in [6, 6.07) is 11.3. The van der Waals surface area contributed by atoms with Crippen molar-refractivity contribution in [1.29, 1.82) is 0 Å². The van der Waals surface area contributed by atoms with Gasteiger partial charge in [0.05, 0.1) is 11.4 Å². The van der Waals surface area contributed by atoms with E-state index in [4.69, 9.17) is 10.7 Å². The van der Waals surface area contributed by atoms with Crippen molar-refractivity contribution in [2.24, 2.45) is 5.92 Å². The number of aromatic nitrogens is 4. The second-order valence-corrected chi connectivity index (χ2v) is 9.26. The molecule has 3 N–H and O–H groups in total. The van der Waals surface area contributed by atoms with Crippen molar-refractivity contribution in [3.05, 3.63) is 48.4 Å². The molecule has 0 radical (unpaired) electrons. The van der Waals surface area contributed by atoms with Gasteiger partial charge in [-0.05, 0) is 50.6 Å². The number of aromatic hydroxyl groups is 1. The molecule has 5 rings (SSSR count). The second kappa shape index (κ2) is 9.76. The molecular formula is C26H30N8O. The fourth-order valence-electron chi connectivity index (χ4n) is 4.63. The van der Waals surface area contributed by atoms with Crippen LogP contribution in [0.2, 0.25) is 0 Å². The van der Waals surface area contributed by atoms with Gasteiger partial charge < -0.3 is 25.5 Å². The lowest BCUT2D eigenvalue weighted by Gasteiger charge is -2.32. The number of phenols is 1. The van der Waals surface area contributed by atoms with Gasteiger partial charge in [0.2, 0.25) is 5.82 Å². The summed E-state index contributed by atoms with van der Waals surface area (Å²) in [6.45, 7) is 6.56. The largest absolute Gasteiger partial charge is 0.507 e. The fraction of sp³-hybridized carbons (Fsp3) is 0.385. The van der Waals surface area contributed by atoms with Gasteiger partial charge in [0.15, 0.2) is 5.82 Å². The van der Waals surface area contributed by atoms with Gasteiger partial charge in [-0.25, -0.2) is 9.97 Å². The van der Waals surface area contributed by atoms with Crippen LogP contribution in [0.3, 0.4) is 0 Å². The average molecular weight is 471 g/mol. The molecule has 0 saturated carbocycles. The van der Waals surface area contributed by atoms with Crippen LogP contribution in [0.25, 0.3) is 11.3 Å². The van der Waals surface area contributed by atoms with E-state index in [1.807, 2.05) is 24.3 Å². The van der Waals surface area contributed by atoms with Crippen molar-refractivity contribution in [2.75, 3.05) is 55.3 Å². The summed E-state index contributed by atoms with van der Waals surface area (Å²) in [4.78, 5) is 15.9.